The number of carbonyl (C=O) groups excluding carboxylic acids is 1. The molecule has 0 saturated heterocycles. The van der Waals surface area contributed by atoms with Crippen LogP contribution in [0.25, 0.3) is 5.57 Å². The Bertz CT molecular complexity index is 808. The third-order valence-electron chi connectivity index (χ3n) is 4.92. The smallest absolute Gasteiger partial charge is 0.185 e. The van der Waals surface area contributed by atoms with E-state index < -0.39 is 0 Å². The average Bonchev–Trinajstić information content (AvgIpc) is 2.97. The van der Waals surface area contributed by atoms with Gasteiger partial charge in [0.15, 0.2) is 5.78 Å². The van der Waals surface area contributed by atoms with Crippen molar-refractivity contribution in [2.45, 2.75) is 25.2 Å². The van der Waals surface area contributed by atoms with Gasteiger partial charge in [0, 0.05) is 11.0 Å². The largest absolute Gasteiger partial charge is 0.289 e. The lowest BCUT2D eigenvalue weighted by atomic mass is 9.68. The zero-order chi connectivity index (χ0) is 15.2. The lowest BCUT2D eigenvalue weighted by molar-refractivity contribution is 0.104. The molecule has 108 valence electrons. The SMILES string of the molecule is Cc1ccc(C2=CCCC23C=CC(=O)c2ccccc23)cc1. The highest BCUT2D eigenvalue weighted by atomic mass is 16.1. The molecule has 0 heterocycles. The van der Waals surface area contributed by atoms with E-state index in [2.05, 4.69) is 49.4 Å². The van der Waals surface area contributed by atoms with E-state index in [1.54, 1.807) is 6.08 Å². The molecule has 1 unspecified atom stereocenters. The van der Waals surface area contributed by atoms with Gasteiger partial charge in [-0.05, 0) is 42.5 Å². The van der Waals surface area contributed by atoms with Crippen molar-refractivity contribution < 1.29 is 4.79 Å². The number of rotatable bonds is 1. The predicted molar refractivity (Wildman–Crippen MR) is 90.0 cm³/mol. The van der Waals surface area contributed by atoms with Crippen molar-refractivity contribution in [3.63, 3.8) is 0 Å². The monoisotopic (exact) mass is 286 g/mol. The van der Waals surface area contributed by atoms with Crippen molar-refractivity contribution in [1.82, 2.24) is 0 Å². The Morgan fingerprint density at radius 2 is 1.77 bits per heavy atom. The van der Waals surface area contributed by atoms with Gasteiger partial charge in [0.2, 0.25) is 0 Å². The number of hydrogen-bond acceptors (Lipinski definition) is 1. The van der Waals surface area contributed by atoms with E-state index in [9.17, 15) is 4.79 Å². The minimum Gasteiger partial charge on any atom is -0.289 e. The summed E-state index contributed by atoms with van der Waals surface area (Å²) in [4.78, 5) is 12.2. The van der Waals surface area contributed by atoms with Crippen molar-refractivity contribution >= 4 is 11.4 Å². The van der Waals surface area contributed by atoms with E-state index in [4.69, 9.17) is 0 Å². The van der Waals surface area contributed by atoms with Crippen molar-refractivity contribution in [3.05, 3.63) is 89.0 Å². The fourth-order valence-corrected chi connectivity index (χ4v) is 3.81. The molecule has 1 heteroatoms. The van der Waals surface area contributed by atoms with E-state index in [1.165, 1.54) is 16.7 Å². The van der Waals surface area contributed by atoms with Crippen LogP contribution in [0.2, 0.25) is 0 Å². The van der Waals surface area contributed by atoms with Crippen LogP contribution in [0, 0.1) is 6.92 Å². The maximum atomic E-state index is 12.2. The van der Waals surface area contributed by atoms with Gasteiger partial charge in [-0.25, -0.2) is 0 Å². The first-order valence-corrected chi connectivity index (χ1v) is 7.81. The first-order valence-electron chi connectivity index (χ1n) is 7.81. The second kappa shape index (κ2) is 4.81. The molecular weight excluding hydrogens is 268 g/mol. The quantitative estimate of drug-likeness (QED) is 0.731. The van der Waals surface area contributed by atoms with Crippen LogP contribution in [0.1, 0.15) is 39.9 Å². The summed E-state index contributed by atoms with van der Waals surface area (Å²) in [5, 5.41) is 0. The van der Waals surface area contributed by atoms with Crippen LogP contribution in [0.5, 0.6) is 0 Å². The van der Waals surface area contributed by atoms with Gasteiger partial charge in [0.05, 0.1) is 0 Å². The van der Waals surface area contributed by atoms with Gasteiger partial charge in [-0.1, -0.05) is 66.2 Å². The van der Waals surface area contributed by atoms with Crippen molar-refractivity contribution in [3.8, 4) is 0 Å². The molecule has 0 N–H and O–H groups in total. The molecule has 0 aliphatic heterocycles. The van der Waals surface area contributed by atoms with Crippen LogP contribution >= 0.6 is 0 Å². The predicted octanol–water partition coefficient (Wildman–Crippen LogP) is 4.86. The third kappa shape index (κ3) is 1.82. The molecule has 0 radical (unpaired) electrons. The average molecular weight is 286 g/mol. The molecule has 1 spiro atoms. The summed E-state index contributed by atoms with van der Waals surface area (Å²) in [6, 6.07) is 16.8. The summed E-state index contributed by atoms with van der Waals surface area (Å²) < 4.78 is 0. The zero-order valence-electron chi connectivity index (χ0n) is 12.7. The van der Waals surface area contributed by atoms with Crippen molar-refractivity contribution in [2.75, 3.05) is 0 Å². The lowest BCUT2D eigenvalue weighted by Crippen LogP contribution is -2.28. The van der Waals surface area contributed by atoms with E-state index in [0.29, 0.717) is 0 Å². The lowest BCUT2D eigenvalue weighted by Gasteiger charge is -2.34. The standard InChI is InChI=1S/C21H18O/c1-15-8-10-16(11-9-15)18-7-4-13-21(18)14-12-20(22)17-5-2-3-6-19(17)21/h2-3,5-12,14H,4,13H2,1H3. The zero-order valence-corrected chi connectivity index (χ0v) is 12.7. The van der Waals surface area contributed by atoms with Gasteiger partial charge in [-0.2, -0.15) is 0 Å². The highest BCUT2D eigenvalue weighted by Crippen LogP contribution is 2.50. The van der Waals surface area contributed by atoms with Gasteiger partial charge in [0.25, 0.3) is 0 Å². The van der Waals surface area contributed by atoms with Gasteiger partial charge >= 0.3 is 0 Å². The van der Waals surface area contributed by atoms with Crippen LogP contribution in [0.3, 0.4) is 0 Å². The number of aryl methyl sites for hydroxylation is 1. The van der Waals surface area contributed by atoms with Crippen LogP contribution < -0.4 is 0 Å². The first-order chi connectivity index (χ1) is 10.7. The molecule has 2 aliphatic carbocycles. The molecule has 0 aromatic heterocycles. The number of fused-ring (bicyclic) bond motifs is 2. The molecule has 4 rings (SSSR count). The van der Waals surface area contributed by atoms with Gasteiger partial charge in [-0.15, -0.1) is 0 Å². The molecule has 0 bridgehead atoms. The Morgan fingerprint density at radius 1 is 1.00 bits per heavy atom. The van der Waals surface area contributed by atoms with Crippen LogP contribution in [0.4, 0.5) is 0 Å². The minimum absolute atomic E-state index is 0.122. The fraction of sp³-hybridized carbons (Fsp3) is 0.190. The summed E-state index contributed by atoms with van der Waals surface area (Å²) in [5.41, 5.74) is 5.74. The Hall–Kier alpha value is -2.41. The summed E-state index contributed by atoms with van der Waals surface area (Å²) in [6.07, 6.45) is 8.31. The van der Waals surface area contributed by atoms with Gasteiger partial charge in [-0.3, -0.25) is 4.79 Å². The maximum Gasteiger partial charge on any atom is 0.185 e. The highest BCUT2D eigenvalue weighted by molar-refractivity contribution is 6.09. The number of hydrogen-bond donors (Lipinski definition) is 0. The minimum atomic E-state index is -0.139. The van der Waals surface area contributed by atoms with E-state index in [1.807, 2.05) is 18.2 Å². The number of benzene rings is 2. The van der Waals surface area contributed by atoms with Gasteiger partial charge < -0.3 is 0 Å². The van der Waals surface area contributed by atoms with Crippen LogP contribution in [-0.4, -0.2) is 5.78 Å². The Labute approximate surface area is 131 Å². The summed E-state index contributed by atoms with van der Waals surface area (Å²) >= 11 is 0. The van der Waals surface area contributed by atoms with Crippen LogP contribution in [-0.2, 0) is 5.41 Å². The topological polar surface area (TPSA) is 17.1 Å². The van der Waals surface area contributed by atoms with E-state index in [0.717, 1.165) is 24.0 Å². The molecule has 0 amide bonds. The Kier molecular flexibility index (Phi) is 2.90. The summed E-state index contributed by atoms with van der Waals surface area (Å²) in [6.45, 7) is 2.11. The van der Waals surface area contributed by atoms with Crippen LogP contribution in [0.15, 0.2) is 66.8 Å². The third-order valence-corrected chi connectivity index (χ3v) is 4.92. The normalized spacial score (nSPS) is 22.8. The number of carbonyl (C=O) groups is 1. The Balaban J connectivity index is 1.91. The number of ketones is 1. The van der Waals surface area contributed by atoms with E-state index >= 15 is 0 Å². The molecule has 1 nitrogen and oxygen atoms in total. The molecule has 2 aromatic carbocycles. The van der Waals surface area contributed by atoms with Crippen molar-refractivity contribution in [2.24, 2.45) is 0 Å². The Morgan fingerprint density at radius 3 is 2.59 bits per heavy atom. The van der Waals surface area contributed by atoms with Gasteiger partial charge in [0.1, 0.15) is 0 Å². The molecule has 0 saturated carbocycles. The maximum absolute atomic E-state index is 12.2. The molecule has 22 heavy (non-hydrogen) atoms. The molecule has 1 atom stereocenters. The molecule has 0 fully saturated rings. The summed E-state index contributed by atoms with van der Waals surface area (Å²) in [5.74, 6) is 0.122. The molecule has 2 aliphatic rings. The van der Waals surface area contributed by atoms with E-state index in [-0.39, 0.29) is 11.2 Å². The second-order valence-corrected chi connectivity index (χ2v) is 6.24. The number of allylic oxidation sites excluding steroid dienone is 4. The molecule has 2 aromatic rings. The second-order valence-electron chi connectivity index (χ2n) is 6.24. The first kappa shape index (κ1) is 13.3. The van der Waals surface area contributed by atoms with Crippen molar-refractivity contribution in [1.29, 1.82) is 0 Å². The fourth-order valence-electron chi connectivity index (χ4n) is 3.81. The highest BCUT2D eigenvalue weighted by Gasteiger charge is 2.41. The molecular formula is C21H18O. The summed E-state index contributed by atoms with van der Waals surface area (Å²) in [7, 11) is 0.